The molecule has 1 aromatic heterocycles. The minimum atomic E-state index is -0.416. The van der Waals surface area contributed by atoms with Crippen molar-refractivity contribution >= 4 is 17.8 Å². The number of nitrogens with zero attached hydrogens (tertiary/aromatic N) is 3. The van der Waals surface area contributed by atoms with E-state index >= 15 is 0 Å². The molecule has 1 saturated heterocycles. The third-order valence-corrected chi connectivity index (χ3v) is 2.73. The van der Waals surface area contributed by atoms with Crippen molar-refractivity contribution < 1.29 is 9.59 Å². The van der Waals surface area contributed by atoms with Gasteiger partial charge in [-0.3, -0.25) is 14.5 Å². The zero-order valence-corrected chi connectivity index (χ0v) is 9.80. The first-order valence-electron chi connectivity index (χ1n) is 5.43. The molecule has 1 aliphatic heterocycles. The van der Waals surface area contributed by atoms with Gasteiger partial charge in [-0.05, 0) is 18.9 Å². The average Bonchev–Trinajstić information content (AvgIpc) is 2.33. The Hall–Kier alpha value is -1.98. The van der Waals surface area contributed by atoms with Gasteiger partial charge in [-0.1, -0.05) is 0 Å². The van der Waals surface area contributed by atoms with E-state index in [2.05, 4.69) is 15.3 Å². The number of likely N-dealkylation sites (tertiary alicyclic amines) is 1. The normalized spacial score (nSPS) is 20.6. The summed E-state index contributed by atoms with van der Waals surface area (Å²) >= 11 is 0. The zero-order chi connectivity index (χ0) is 12.4. The summed E-state index contributed by atoms with van der Waals surface area (Å²) in [6.07, 6.45) is 4.21. The van der Waals surface area contributed by atoms with Crippen LogP contribution in [0.5, 0.6) is 0 Å². The molecule has 2 amide bonds. The van der Waals surface area contributed by atoms with E-state index in [9.17, 15) is 9.59 Å². The van der Waals surface area contributed by atoms with Crippen LogP contribution >= 0.6 is 0 Å². The lowest BCUT2D eigenvalue weighted by atomic mass is 10.1. The maximum absolute atomic E-state index is 11.8. The van der Waals surface area contributed by atoms with Gasteiger partial charge in [0.25, 0.3) is 5.91 Å². The number of aromatic nitrogens is 2. The predicted molar refractivity (Wildman–Crippen MR) is 61.2 cm³/mol. The largest absolute Gasteiger partial charge is 0.342 e. The molecule has 1 unspecified atom stereocenters. The highest BCUT2D eigenvalue weighted by Crippen LogP contribution is 2.14. The van der Waals surface area contributed by atoms with Crippen molar-refractivity contribution in [1.82, 2.24) is 14.9 Å². The molecular weight excluding hydrogens is 220 g/mol. The van der Waals surface area contributed by atoms with Crippen LogP contribution in [0.4, 0.5) is 5.95 Å². The van der Waals surface area contributed by atoms with Crippen LogP contribution in [0.15, 0.2) is 12.4 Å². The Morgan fingerprint density at radius 2 is 2.00 bits per heavy atom. The first kappa shape index (κ1) is 11.5. The van der Waals surface area contributed by atoms with E-state index in [0.29, 0.717) is 18.8 Å². The van der Waals surface area contributed by atoms with Crippen LogP contribution in [0.25, 0.3) is 0 Å². The number of aryl methyl sites for hydroxylation is 1. The Bertz CT molecular complexity index is 443. The molecule has 1 N–H and O–H groups in total. The summed E-state index contributed by atoms with van der Waals surface area (Å²) in [5, 5.41) is 2.94. The molecule has 0 aliphatic carbocycles. The summed E-state index contributed by atoms with van der Waals surface area (Å²) in [4.78, 5) is 32.4. The van der Waals surface area contributed by atoms with Gasteiger partial charge in [0.15, 0.2) is 0 Å². The van der Waals surface area contributed by atoms with E-state index in [1.165, 1.54) is 7.05 Å². The van der Waals surface area contributed by atoms with E-state index in [4.69, 9.17) is 0 Å². The van der Waals surface area contributed by atoms with Crippen LogP contribution in [-0.4, -0.2) is 39.8 Å². The summed E-state index contributed by atoms with van der Waals surface area (Å²) in [6, 6.07) is -0.416. The van der Waals surface area contributed by atoms with Gasteiger partial charge >= 0.3 is 0 Å². The van der Waals surface area contributed by atoms with Gasteiger partial charge in [-0.25, -0.2) is 9.97 Å². The Balaban J connectivity index is 2.06. The number of anilines is 1. The van der Waals surface area contributed by atoms with Gasteiger partial charge in [0.05, 0.1) is 0 Å². The summed E-state index contributed by atoms with van der Waals surface area (Å²) in [5.74, 6) is 0.0417. The van der Waals surface area contributed by atoms with Crippen LogP contribution in [0.3, 0.4) is 0 Å². The van der Waals surface area contributed by atoms with Crippen molar-refractivity contribution in [3.63, 3.8) is 0 Å². The molecule has 0 saturated carbocycles. The molecule has 1 aliphatic rings. The number of piperidine rings is 1. The second-order valence-electron chi connectivity index (χ2n) is 4.11. The van der Waals surface area contributed by atoms with Crippen LogP contribution < -0.4 is 5.32 Å². The highest BCUT2D eigenvalue weighted by molar-refractivity contribution is 6.01. The fourth-order valence-corrected chi connectivity index (χ4v) is 1.67. The van der Waals surface area contributed by atoms with E-state index in [1.807, 2.05) is 6.92 Å². The van der Waals surface area contributed by atoms with E-state index in [1.54, 1.807) is 12.4 Å². The fraction of sp³-hybridized carbons (Fsp3) is 0.455. The third-order valence-electron chi connectivity index (χ3n) is 2.73. The lowest BCUT2D eigenvalue weighted by Crippen LogP contribution is -2.48. The summed E-state index contributed by atoms with van der Waals surface area (Å²) in [7, 11) is 1.49. The molecule has 6 nitrogen and oxygen atoms in total. The monoisotopic (exact) mass is 234 g/mol. The minimum absolute atomic E-state index is 0.141. The number of hydrogen-bond donors (Lipinski definition) is 1. The molecule has 1 aromatic rings. The van der Waals surface area contributed by atoms with Crippen LogP contribution in [0.1, 0.15) is 18.4 Å². The maximum atomic E-state index is 11.8. The molecule has 0 radical (unpaired) electrons. The first-order valence-corrected chi connectivity index (χ1v) is 5.43. The van der Waals surface area contributed by atoms with Crippen molar-refractivity contribution in [1.29, 1.82) is 0 Å². The third kappa shape index (κ3) is 2.41. The molecule has 2 heterocycles. The molecule has 2 rings (SSSR count). The Morgan fingerprint density at radius 1 is 1.35 bits per heavy atom. The van der Waals surface area contributed by atoms with Gasteiger partial charge < -0.3 is 5.32 Å². The lowest BCUT2D eigenvalue weighted by molar-refractivity contribution is -0.146. The van der Waals surface area contributed by atoms with Crippen LogP contribution in [0.2, 0.25) is 0 Å². The molecule has 17 heavy (non-hydrogen) atoms. The maximum Gasteiger partial charge on any atom is 0.251 e. The molecule has 90 valence electrons. The number of hydrogen-bond acceptors (Lipinski definition) is 5. The Morgan fingerprint density at radius 3 is 2.65 bits per heavy atom. The van der Waals surface area contributed by atoms with Crippen molar-refractivity contribution in [2.75, 3.05) is 12.4 Å². The molecule has 1 atom stereocenters. The molecule has 6 heteroatoms. The lowest BCUT2D eigenvalue weighted by Gasteiger charge is -2.28. The number of carbonyl (C=O) groups excluding carboxylic acids is 2. The summed E-state index contributed by atoms with van der Waals surface area (Å²) in [6.45, 7) is 1.89. The predicted octanol–water partition coefficient (Wildman–Crippen LogP) is 0.344. The van der Waals surface area contributed by atoms with E-state index in [0.717, 1.165) is 10.5 Å². The number of imide groups is 1. The number of rotatable bonds is 2. The standard InChI is InChI=1S/C11H14N4O2/c1-7-5-12-11(13-6-7)14-8-3-4-9(16)15(2)10(8)17/h5-6,8H,3-4H2,1-2H3,(H,12,13,14). The number of nitrogens with one attached hydrogen (secondary N) is 1. The highest BCUT2D eigenvalue weighted by Gasteiger charge is 2.31. The van der Waals surface area contributed by atoms with Crippen LogP contribution in [0, 0.1) is 6.92 Å². The zero-order valence-electron chi connectivity index (χ0n) is 9.80. The SMILES string of the molecule is Cc1cnc(NC2CCC(=O)N(C)C2=O)nc1. The van der Waals surface area contributed by atoms with E-state index in [-0.39, 0.29) is 11.8 Å². The second-order valence-corrected chi connectivity index (χ2v) is 4.11. The van der Waals surface area contributed by atoms with Gasteiger partial charge in [-0.15, -0.1) is 0 Å². The Labute approximate surface area is 99.1 Å². The molecule has 0 spiro atoms. The molecule has 0 bridgehead atoms. The first-order chi connectivity index (χ1) is 8.08. The number of carbonyl (C=O) groups is 2. The second kappa shape index (κ2) is 4.48. The fourth-order valence-electron chi connectivity index (χ4n) is 1.67. The van der Waals surface area contributed by atoms with Crippen molar-refractivity contribution in [3.8, 4) is 0 Å². The molecule has 1 fully saturated rings. The summed E-state index contributed by atoms with van der Waals surface area (Å²) in [5.41, 5.74) is 0.956. The Kier molecular flexibility index (Phi) is 3.03. The van der Waals surface area contributed by atoms with Crippen LogP contribution in [-0.2, 0) is 9.59 Å². The smallest absolute Gasteiger partial charge is 0.251 e. The van der Waals surface area contributed by atoms with Gasteiger partial charge in [0, 0.05) is 25.9 Å². The quantitative estimate of drug-likeness (QED) is 0.747. The highest BCUT2D eigenvalue weighted by atomic mass is 16.2. The average molecular weight is 234 g/mol. The minimum Gasteiger partial charge on any atom is -0.342 e. The number of likely N-dealkylation sites (N-methyl/N-ethyl adjacent to an activating group) is 1. The van der Waals surface area contributed by atoms with Gasteiger partial charge in [0.1, 0.15) is 6.04 Å². The number of amides is 2. The van der Waals surface area contributed by atoms with Gasteiger partial charge in [0.2, 0.25) is 11.9 Å². The van der Waals surface area contributed by atoms with E-state index < -0.39 is 6.04 Å². The van der Waals surface area contributed by atoms with Crippen molar-refractivity contribution in [2.24, 2.45) is 0 Å². The van der Waals surface area contributed by atoms with Crippen molar-refractivity contribution in [2.45, 2.75) is 25.8 Å². The molecular formula is C11H14N4O2. The van der Waals surface area contributed by atoms with Crippen molar-refractivity contribution in [3.05, 3.63) is 18.0 Å². The summed E-state index contributed by atoms with van der Waals surface area (Å²) < 4.78 is 0. The molecule has 0 aromatic carbocycles. The topological polar surface area (TPSA) is 75.2 Å². The van der Waals surface area contributed by atoms with Gasteiger partial charge in [-0.2, -0.15) is 0 Å².